The fraction of sp³-hybridized carbons (Fsp3) is 0. The van der Waals surface area contributed by atoms with E-state index >= 15 is 0 Å². The van der Waals surface area contributed by atoms with Gasteiger partial charge in [-0.25, -0.2) is 13.6 Å². The van der Waals surface area contributed by atoms with Crippen molar-refractivity contribution in [3.8, 4) is 5.75 Å². The maximum absolute atomic E-state index is 11.3. The largest absolute Gasteiger partial charge is 0.502 e. The van der Waals surface area contributed by atoms with Crippen LogP contribution in [0.3, 0.4) is 0 Å². The Hall–Kier alpha value is -3.29. The molecule has 0 aromatic heterocycles. The van der Waals surface area contributed by atoms with Gasteiger partial charge in [-0.1, -0.05) is 11.6 Å². The second-order valence-corrected chi connectivity index (χ2v) is 6.97. The zero-order valence-electron chi connectivity index (χ0n) is 13.1. The third-order valence-electron chi connectivity index (χ3n) is 3.16. The third kappa shape index (κ3) is 4.66. The van der Waals surface area contributed by atoms with Gasteiger partial charge in [-0.05, 0) is 18.2 Å². The molecule has 0 amide bonds. The van der Waals surface area contributed by atoms with Gasteiger partial charge in [0.05, 0.1) is 21.0 Å². The van der Waals surface area contributed by atoms with E-state index in [4.69, 9.17) is 16.7 Å². The highest BCUT2D eigenvalue weighted by Gasteiger charge is 2.20. The monoisotopic (exact) mass is 415 g/mol. The average Bonchev–Trinajstić information content (AvgIpc) is 2.56. The van der Waals surface area contributed by atoms with E-state index < -0.39 is 41.9 Å². The summed E-state index contributed by atoms with van der Waals surface area (Å²) < 4.78 is 22.6. The number of hydrazone groups is 1. The predicted molar refractivity (Wildman–Crippen MR) is 95.5 cm³/mol. The van der Waals surface area contributed by atoms with Crippen molar-refractivity contribution in [2.75, 3.05) is 5.43 Å². The van der Waals surface area contributed by atoms with Crippen molar-refractivity contribution in [3.05, 3.63) is 61.1 Å². The zero-order chi connectivity index (χ0) is 20.4. The van der Waals surface area contributed by atoms with Crippen LogP contribution in [0.15, 0.2) is 40.3 Å². The van der Waals surface area contributed by atoms with Crippen molar-refractivity contribution < 1.29 is 23.4 Å². The van der Waals surface area contributed by atoms with E-state index in [1.807, 2.05) is 0 Å². The number of anilines is 1. The Bertz CT molecular complexity index is 1070. The first-order chi connectivity index (χ1) is 12.5. The quantitative estimate of drug-likeness (QED) is 0.362. The van der Waals surface area contributed by atoms with Gasteiger partial charge in [-0.2, -0.15) is 5.10 Å². The van der Waals surface area contributed by atoms with Crippen LogP contribution in [0.1, 0.15) is 5.56 Å². The number of aromatic hydroxyl groups is 1. The van der Waals surface area contributed by atoms with Crippen LogP contribution in [0, 0.1) is 20.2 Å². The Morgan fingerprint density at radius 3 is 2.33 bits per heavy atom. The lowest BCUT2D eigenvalue weighted by Crippen LogP contribution is -2.12. The molecule has 0 saturated heterocycles. The molecule has 4 N–H and O–H groups in total. The number of hydrogen-bond donors (Lipinski definition) is 3. The number of rotatable bonds is 6. The first-order valence-electron chi connectivity index (χ1n) is 6.78. The Labute approximate surface area is 156 Å². The van der Waals surface area contributed by atoms with Crippen LogP contribution >= 0.6 is 11.6 Å². The van der Waals surface area contributed by atoms with Gasteiger partial charge in [0.15, 0.2) is 0 Å². The molecule has 142 valence electrons. The summed E-state index contributed by atoms with van der Waals surface area (Å²) in [6.07, 6.45) is 0.950. The lowest BCUT2D eigenvalue weighted by Gasteiger charge is -2.05. The van der Waals surface area contributed by atoms with Gasteiger partial charge < -0.3 is 5.11 Å². The number of hydrogen-bond acceptors (Lipinski definition) is 9. The molecule has 0 saturated carbocycles. The smallest absolute Gasteiger partial charge is 0.312 e. The molecule has 0 fully saturated rings. The zero-order valence-corrected chi connectivity index (χ0v) is 14.6. The lowest BCUT2D eigenvalue weighted by molar-refractivity contribution is -0.385. The number of nitrogens with two attached hydrogens (primary N) is 1. The number of phenolic OH excluding ortho intramolecular Hbond substituents is 1. The fourth-order valence-corrected chi connectivity index (χ4v) is 2.70. The Kier molecular flexibility index (Phi) is 5.58. The third-order valence-corrected chi connectivity index (χ3v) is 4.29. The molecule has 27 heavy (non-hydrogen) atoms. The van der Waals surface area contributed by atoms with Crippen molar-refractivity contribution >= 4 is 44.9 Å². The Morgan fingerprint density at radius 2 is 1.78 bits per heavy atom. The average molecular weight is 416 g/mol. The number of sulfonamides is 1. The molecule has 0 aliphatic rings. The Balaban J connectivity index is 2.37. The summed E-state index contributed by atoms with van der Waals surface area (Å²) in [5, 5.41) is 40.3. The lowest BCUT2D eigenvalue weighted by atomic mass is 10.2. The standard InChI is InChI=1S/C13H10ClN5O7S/c14-8-3-7(13(20)12(4-8)19(23)24)6-16-17-10-2-1-9(27(15,25)26)5-11(10)18(21)22/h1-6,17,20H,(H2,15,25,26). The topological polar surface area (TPSA) is 191 Å². The molecular formula is C13H10ClN5O7S. The summed E-state index contributed by atoms with van der Waals surface area (Å²) in [4.78, 5) is 19.8. The molecule has 0 spiro atoms. The van der Waals surface area contributed by atoms with E-state index in [-0.39, 0.29) is 16.3 Å². The number of nitrogens with one attached hydrogen (secondary N) is 1. The van der Waals surface area contributed by atoms with E-state index in [0.717, 1.165) is 30.5 Å². The van der Waals surface area contributed by atoms with Crippen molar-refractivity contribution in [2.24, 2.45) is 10.2 Å². The van der Waals surface area contributed by atoms with Gasteiger partial charge in [0.2, 0.25) is 15.8 Å². The highest BCUT2D eigenvalue weighted by atomic mass is 35.5. The minimum Gasteiger partial charge on any atom is -0.502 e. The van der Waals surface area contributed by atoms with Crippen LogP contribution in [0.25, 0.3) is 0 Å². The number of nitrogens with zero attached hydrogens (tertiary/aromatic N) is 3. The number of benzene rings is 2. The van der Waals surface area contributed by atoms with Crippen LogP contribution in [-0.4, -0.2) is 29.6 Å². The molecular weight excluding hydrogens is 406 g/mol. The first kappa shape index (κ1) is 20.0. The molecule has 0 aliphatic carbocycles. The molecule has 2 rings (SSSR count). The second kappa shape index (κ2) is 7.53. The summed E-state index contributed by atoms with van der Waals surface area (Å²) in [5.41, 5.74) is 0.714. The minimum atomic E-state index is -4.14. The number of phenols is 1. The number of primary sulfonamides is 1. The summed E-state index contributed by atoms with van der Waals surface area (Å²) in [5.74, 6) is -0.700. The number of halogens is 1. The molecule has 2 aromatic rings. The van der Waals surface area contributed by atoms with Crippen LogP contribution < -0.4 is 10.6 Å². The maximum atomic E-state index is 11.3. The van der Waals surface area contributed by atoms with Crippen molar-refractivity contribution in [1.82, 2.24) is 0 Å². The van der Waals surface area contributed by atoms with E-state index in [0.29, 0.717) is 0 Å². The molecule has 0 aliphatic heterocycles. The van der Waals surface area contributed by atoms with Crippen LogP contribution in [0.4, 0.5) is 17.1 Å². The summed E-state index contributed by atoms with van der Waals surface area (Å²) in [6, 6.07) is 4.97. The molecule has 12 nitrogen and oxygen atoms in total. The predicted octanol–water partition coefficient (Wildman–Crippen LogP) is 1.96. The molecule has 2 aromatic carbocycles. The van der Waals surface area contributed by atoms with Crippen molar-refractivity contribution in [3.63, 3.8) is 0 Å². The minimum absolute atomic E-state index is 0.0376. The Morgan fingerprint density at radius 1 is 1.15 bits per heavy atom. The van der Waals surface area contributed by atoms with Gasteiger partial charge in [0.1, 0.15) is 5.69 Å². The van der Waals surface area contributed by atoms with Crippen LogP contribution in [-0.2, 0) is 10.0 Å². The SMILES string of the molecule is NS(=O)(=O)c1ccc(NN=Cc2cc(Cl)cc([N+](=O)[O-])c2O)c([N+](=O)[O-])c1. The molecule has 0 unspecified atom stereocenters. The molecule has 0 bridgehead atoms. The van der Waals surface area contributed by atoms with E-state index in [2.05, 4.69) is 10.5 Å². The van der Waals surface area contributed by atoms with Gasteiger partial charge in [-0.15, -0.1) is 0 Å². The number of nitro groups is 2. The van der Waals surface area contributed by atoms with Gasteiger partial charge in [0.25, 0.3) is 5.69 Å². The molecule has 14 heteroatoms. The van der Waals surface area contributed by atoms with Gasteiger partial charge in [0, 0.05) is 22.7 Å². The van der Waals surface area contributed by atoms with E-state index in [1.165, 1.54) is 6.07 Å². The molecule has 0 radical (unpaired) electrons. The molecule has 0 atom stereocenters. The fourth-order valence-electron chi connectivity index (χ4n) is 1.95. The first-order valence-corrected chi connectivity index (χ1v) is 8.70. The normalized spacial score (nSPS) is 11.5. The second-order valence-electron chi connectivity index (χ2n) is 4.97. The summed E-state index contributed by atoms with van der Waals surface area (Å²) in [7, 11) is -4.14. The van der Waals surface area contributed by atoms with E-state index in [9.17, 15) is 33.8 Å². The highest BCUT2D eigenvalue weighted by molar-refractivity contribution is 7.89. The highest BCUT2D eigenvalue weighted by Crippen LogP contribution is 2.32. The summed E-state index contributed by atoms with van der Waals surface area (Å²) >= 11 is 5.73. The van der Waals surface area contributed by atoms with Crippen LogP contribution in [0.5, 0.6) is 5.75 Å². The summed E-state index contributed by atoms with van der Waals surface area (Å²) in [6.45, 7) is 0. The van der Waals surface area contributed by atoms with Crippen molar-refractivity contribution in [2.45, 2.75) is 4.90 Å². The van der Waals surface area contributed by atoms with E-state index in [1.54, 1.807) is 0 Å². The molecule has 0 heterocycles. The van der Waals surface area contributed by atoms with Gasteiger partial charge in [-0.3, -0.25) is 25.7 Å². The van der Waals surface area contributed by atoms with Gasteiger partial charge >= 0.3 is 5.69 Å². The number of nitro benzene ring substituents is 2. The van der Waals surface area contributed by atoms with Crippen LogP contribution in [0.2, 0.25) is 5.02 Å². The maximum Gasteiger partial charge on any atom is 0.312 e. The van der Waals surface area contributed by atoms with Crippen molar-refractivity contribution in [1.29, 1.82) is 0 Å².